The number of primary amides is 1. The summed E-state index contributed by atoms with van der Waals surface area (Å²) in [4.78, 5) is 128. The van der Waals surface area contributed by atoms with Gasteiger partial charge in [-0.2, -0.15) is 0 Å². The number of esters is 1. The predicted molar refractivity (Wildman–Crippen MR) is 247 cm³/mol. The van der Waals surface area contributed by atoms with Gasteiger partial charge in [-0.1, -0.05) is 84.0 Å². The fraction of sp³-hybridized carbons (Fsp3) is 0.562. The molecule has 2 fully saturated rings. The van der Waals surface area contributed by atoms with Crippen LogP contribution in [-0.4, -0.2) is 135 Å². The van der Waals surface area contributed by atoms with Gasteiger partial charge >= 0.3 is 5.97 Å². The van der Waals surface area contributed by atoms with Crippen molar-refractivity contribution < 1.29 is 58.1 Å². The highest BCUT2D eigenvalue weighted by Gasteiger charge is 2.46. The number of carbonyl (C=O) groups is 9. The quantitative estimate of drug-likeness (QED) is 0.119. The number of nitrogens with one attached hydrogen (secondary N) is 5. The van der Waals surface area contributed by atoms with Gasteiger partial charge in [0.05, 0.1) is 0 Å². The molecule has 2 saturated heterocycles. The molecule has 2 aromatic rings. The third-order valence-corrected chi connectivity index (χ3v) is 12.0. The van der Waals surface area contributed by atoms with Gasteiger partial charge in [0.15, 0.2) is 0 Å². The van der Waals surface area contributed by atoms with Crippen molar-refractivity contribution >= 4 is 53.2 Å². The van der Waals surface area contributed by atoms with Crippen molar-refractivity contribution in [2.75, 3.05) is 7.05 Å². The highest BCUT2D eigenvalue weighted by atomic mass is 16.5. The smallest absolute Gasteiger partial charge is 0.329 e. The summed E-state index contributed by atoms with van der Waals surface area (Å²) in [7, 11) is 1.36. The number of nitrogens with two attached hydrogens (primary N) is 1. The number of rotatable bonds is 14. The average Bonchev–Trinajstić information content (AvgIpc) is 3.27. The molecule has 20 nitrogen and oxygen atoms in total. The number of benzene rings is 2. The molecule has 68 heavy (non-hydrogen) atoms. The van der Waals surface area contributed by atoms with Crippen molar-refractivity contribution in [3.8, 4) is 5.75 Å². The number of cyclic esters (lactones) is 1. The molecular formula is C48H68N8O12. The SMILES string of the molecule is CC(C)C[C@@H]1NC(=O)[C@@H](NC(=O)[C@H](CCC(N)=O)NC(=O)C(C)C)[C@@H](C)OC(=O)[C@H](C(C)C)NC(=O)[C@H](Cc2ccc(O)cc2)N(C)C(=O)[C@H](Cc2ccccc2)N2C(=O)[C@H](CC[C@H]2O)NC1=O. The van der Waals surface area contributed by atoms with Gasteiger partial charge in [0.1, 0.15) is 60.4 Å². The summed E-state index contributed by atoms with van der Waals surface area (Å²) in [6, 6.07) is 4.65. The normalized spacial score (nSPS) is 25.1. The predicted octanol–water partition coefficient (Wildman–Crippen LogP) is 0.307. The van der Waals surface area contributed by atoms with Gasteiger partial charge in [-0.3, -0.25) is 38.4 Å². The fourth-order valence-electron chi connectivity index (χ4n) is 8.04. The molecule has 8 amide bonds. The lowest BCUT2D eigenvalue weighted by Gasteiger charge is -2.43. The van der Waals surface area contributed by atoms with Gasteiger partial charge in [0.2, 0.25) is 47.3 Å². The van der Waals surface area contributed by atoms with Crippen molar-refractivity contribution in [1.29, 1.82) is 0 Å². The molecule has 0 aliphatic carbocycles. The topological polar surface area (TPSA) is 296 Å². The number of aliphatic hydroxyl groups excluding tert-OH is 1. The lowest BCUT2D eigenvalue weighted by Crippen LogP contribution is -2.65. The number of aromatic hydroxyl groups is 1. The molecule has 372 valence electrons. The molecule has 2 aliphatic rings. The maximum Gasteiger partial charge on any atom is 0.329 e. The first-order valence-corrected chi connectivity index (χ1v) is 23.1. The van der Waals surface area contributed by atoms with E-state index in [1.54, 1.807) is 84.0 Å². The molecule has 2 aliphatic heterocycles. The number of phenolic OH excluding ortho intramolecular Hbond substituents is 1. The van der Waals surface area contributed by atoms with E-state index in [2.05, 4.69) is 26.6 Å². The number of nitrogens with zero attached hydrogens (tertiary/aromatic N) is 2. The van der Waals surface area contributed by atoms with E-state index in [0.717, 1.165) is 9.80 Å². The van der Waals surface area contributed by atoms with Crippen molar-refractivity contribution in [3.63, 3.8) is 0 Å². The van der Waals surface area contributed by atoms with E-state index in [0.29, 0.717) is 11.1 Å². The summed E-state index contributed by atoms with van der Waals surface area (Å²) in [5, 5.41) is 34.7. The molecule has 0 unspecified atom stereocenters. The van der Waals surface area contributed by atoms with E-state index in [1.807, 2.05) is 0 Å². The minimum atomic E-state index is -1.75. The summed E-state index contributed by atoms with van der Waals surface area (Å²) in [6.07, 6.45) is -3.92. The number of aliphatic hydroxyl groups is 1. The summed E-state index contributed by atoms with van der Waals surface area (Å²) >= 11 is 0. The maximum absolute atomic E-state index is 15.0. The molecule has 2 heterocycles. The molecule has 20 heteroatoms. The maximum atomic E-state index is 15.0. The van der Waals surface area contributed by atoms with Crippen LogP contribution >= 0.6 is 0 Å². The molecular weight excluding hydrogens is 881 g/mol. The number of carbonyl (C=O) groups excluding carboxylic acids is 9. The molecule has 0 radical (unpaired) electrons. The molecule has 0 spiro atoms. The van der Waals surface area contributed by atoms with Crippen molar-refractivity contribution in [2.45, 2.75) is 148 Å². The van der Waals surface area contributed by atoms with E-state index >= 15 is 4.79 Å². The summed E-state index contributed by atoms with van der Waals surface area (Å²) in [5.74, 6) is -8.98. The average molecular weight is 949 g/mol. The molecule has 4 rings (SSSR count). The van der Waals surface area contributed by atoms with Crippen LogP contribution < -0.4 is 32.3 Å². The first kappa shape index (κ1) is 54.0. The Kier molecular flexibility index (Phi) is 19.4. The van der Waals surface area contributed by atoms with Gasteiger partial charge < -0.3 is 57.1 Å². The zero-order valence-corrected chi connectivity index (χ0v) is 40.0. The Balaban J connectivity index is 1.88. The first-order valence-electron chi connectivity index (χ1n) is 23.1. The number of ether oxygens (including phenoxy) is 1. The van der Waals surface area contributed by atoms with E-state index in [1.165, 1.54) is 26.1 Å². The summed E-state index contributed by atoms with van der Waals surface area (Å²) in [6.45, 7) is 11.3. The fourth-order valence-corrected chi connectivity index (χ4v) is 8.04. The number of piperidine rings is 1. The Hall–Kier alpha value is -6.57. The van der Waals surface area contributed by atoms with Crippen molar-refractivity contribution in [1.82, 2.24) is 36.4 Å². The second-order valence-corrected chi connectivity index (χ2v) is 18.7. The van der Waals surface area contributed by atoms with Crippen LogP contribution in [0.5, 0.6) is 5.75 Å². The van der Waals surface area contributed by atoms with E-state index < -0.39 is 120 Å². The summed E-state index contributed by atoms with van der Waals surface area (Å²) < 4.78 is 5.86. The Morgan fingerprint density at radius 2 is 1.41 bits per heavy atom. The van der Waals surface area contributed by atoms with Crippen LogP contribution in [-0.2, 0) is 60.7 Å². The van der Waals surface area contributed by atoms with Crippen LogP contribution in [0.3, 0.4) is 0 Å². The monoisotopic (exact) mass is 948 g/mol. The number of amides is 8. The van der Waals surface area contributed by atoms with Crippen LogP contribution in [0.25, 0.3) is 0 Å². The van der Waals surface area contributed by atoms with Gasteiger partial charge in [-0.05, 0) is 67.7 Å². The molecule has 2 bridgehead atoms. The molecule has 0 saturated carbocycles. The number of phenols is 1. The zero-order chi connectivity index (χ0) is 50.6. The number of hydrogen-bond donors (Lipinski definition) is 8. The van der Waals surface area contributed by atoms with Crippen molar-refractivity contribution in [3.05, 3.63) is 65.7 Å². The van der Waals surface area contributed by atoms with Gasteiger partial charge in [0.25, 0.3) is 0 Å². The first-order chi connectivity index (χ1) is 32.0. The molecule has 0 aromatic heterocycles. The second-order valence-electron chi connectivity index (χ2n) is 18.7. The van der Waals surface area contributed by atoms with E-state index in [-0.39, 0.29) is 56.6 Å². The summed E-state index contributed by atoms with van der Waals surface area (Å²) in [5.41, 5.74) is 6.50. The number of fused-ring (bicyclic) bond motifs is 2. The standard InChI is InChI=1S/C48H68N8O12/c1-25(2)22-34-43(62)51-33-19-21-38(59)56(46(33)65)36(24-29-12-10-9-11-13-29)47(66)55(8)35(23-30-14-16-31(57)17-15-30)44(63)53-39(26(3)4)48(67)68-28(7)40(45(64)52-34)54-42(61)32(18-20-37(49)58)50-41(60)27(5)6/h9-17,25-28,32-36,38-40,57,59H,18-24H2,1-8H3,(H2,49,58)(H,50,60)(H,51,62)(H,52,64)(H,53,63)(H,54,61)/t28-,32+,33+,34+,35+,36+,38-,39+,40+/m1/s1. The van der Waals surface area contributed by atoms with Gasteiger partial charge in [-0.15, -0.1) is 0 Å². The zero-order valence-electron chi connectivity index (χ0n) is 40.0. The van der Waals surface area contributed by atoms with Crippen LogP contribution in [0.15, 0.2) is 54.6 Å². The van der Waals surface area contributed by atoms with Crippen LogP contribution in [0.1, 0.15) is 91.7 Å². The van der Waals surface area contributed by atoms with E-state index in [9.17, 15) is 48.6 Å². The van der Waals surface area contributed by atoms with Gasteiger partial charge in [0, 0.05) is 32.2 Å². The lowest BCUT2D eigenvalue weighted by molar-refractivity contribution is -0.165. The largest absolute Gasteiger partial charge is 0.508 e. The molecule has 9 atom stereocenters. The third kappa shape index (κ3) is 14.7. The number of likely N-dealkylation sites (N-methyl/N-ethyl adjacent to an activating group) is 1. The highest BCUT2D eigenvalue weighted by Crippen LogP contribution is 2.26. The molecule has 2 aromatic carbocycles. The second kappa shape index (κ2) is 24.5. The van der Waals surface area contributed by atoms with Crippen LogP contribution in [0.2, 0.25) is 0 Å². The van der Waals surface area contributed by atoms with Crippen molar-refractivity contribution in [2.24, 2.45) is 23.5 Å². The Bertz CT molecular complexity index is 2130. The Labute approximate surface area is 396 Å². The Morgan fingerprint density at radius 1 is 0.794 bits per heavy atom. The minimum Gasteiger partial charge on any atom is -0.508 e. The van der Waals surface area contributed by atoms with E-state index in [4.69, 9.17) is 10.5 Å². The van der Waals surface area contributed by atoms with Crippen LogP contribution in [0.4, 0.5) is 0 Å². The minimum absolute atomic E-state index is 0.0229. The third-order valence-electron chi connectivity index (χ3n) is 12.0. The highest BCUT2D eigenvalue weighted by molar-refractivity contribution is 5.98. The Morgan fingerprint density at radius 3 is 2.00 bits per heavy atom. The number of hydrogen-bond acceptors (Lipinski definition) is 12. The van der Waals surface area contributed by atoms with Gasteiger partial charge in [-0.25, -0.2) is 4.79 Å². The lowest BCUT2D eigenvalue weighted by atomic mass is 9.95. The molecule has 9 N–H and O–H groups in total. The van der Waals surface area contributed by atoms with Crippen LogP contribution in [0, 0.1) is 17.8 Å².